The average molecular weight is 265 g/mol. The van der Waals surface area contributed by atoms with E-state index in [2.05, 4.69) is 33.6 Å². The number of thioether (sulfide) groups is 1. The molecule has 4 heteroatoms. The lowest BCUT2D eigenvalue weighted by Gasteiger charge is -2.33. The molecular weight excluding hydrogens is 242 g/mol. The van der Waals surface area contributed by atoms with Gasteiger partial charge < -0.3 is 9.88 Å². The largest absolute Gasteiger partial charge is 0.329 e. The first-order valence-electron chi connectivity index (χ1n) is 7.18. The second-order valence-corrected chi connectivity index (χ2v) is 6.58. The van der Waals surface area contributed by atoms with E-state index in [0.717, 1.165) is 11.8 Å². The molecular formula is C14H23N3S. The second-order valence-electron chi connectivity index (χ2n) is 5.50. The standard InChI is InChI=1S/C14H23N3S/c1-18-14-7-3-2-6-12(14)17-10-15-9-13(17)11-5-4-8-16-11/h9-12,14,16H,2-8H2,1H3/t11-,12?,14?/m0/s1. The predicted molar refractivity (Wildman–Crippen MR) is 77.0 cm³/mol. The van der Waals surface area contributed by atoms with Crippen molar-refractivity contribution in [1.29, 1.82) is 0 Å². The summed E-state index contributed by atoms with van der Waals surface area (Å²) in [6, 6.07) is 1.20. The van der Waals surface area contributed by atoms with E-state index in [4.69, 9.17) is 0 Å². The van der Waals surface area contributed by atoms with Crippen molar-refractivity contribution in [2.45, 2.75) is 55.9 Å². The topological polar surface area (TPSA) is 29.9 Å². The van der Waals surface area contributed by atoms with E-state index in [1.807, 2.05) is 11.8 Å². The fraction of sp³-hybridized carbons (Fsp3) is 0.786. The van der Waals surface area contributed by atoms with Crippen molar-refractivity contribution < 1.29 is 0 Å². The Balaban J connectivity index is 1.84. The average Bonchev–Trinajstić information content (AvgIpc) is 3.09. The number of imidazole rings is 1. The van der Waals surface area contributed by atoms with Crippen molar-refractivity contribution in [2.75, 3.05) is 12.8 Å². The Labute approximate surface area is 114 Å². The monoisotopic (exact) mass is 265 g/mol. The predicted octanol–water partition coefficient (Wildman–Crippen LogP) is 3.15. The van der Waals surface area contributed by atoms with Crippen LogP contribution in [-0.4, -0.2) is 27.6 Å². The van der Waals surface area contributed by atoms with Gasteiger partial charge in [0.25, 0.3) is 0 Å². The van der Waals surface area contributed by atoms with Gasteiger partial charge in [-0.15, -0.1) is 0 Å². The normalized spacial score (nSPS) is 32.8. The van der Waals surface area contributed by atoms with Crippen LogP contribution in [0.1, 0.15) is 56.3 Å². The zero-order valence-electron chi connectivity index (χ0n) is 11.1. The highest BCUT2D eigenvalue weighted by atomic mass is 32.2. The Morgan fingerprint density at radius 1 is 1.28 bits per heavy atom. The Morgan fingerprint density at radius 3 is 2.94 bits per heavy atom. The number of hydrogen-bond donors (Lipinski definition) is 1. The maximum absolute atomic E-state index is 4.42. The summed E-state index contributed by atoms with van der Waals surface area (Å²) >= 11 is 2.03. The number of aromatic nitrogens is 2. The molecule has 0 spiro atoms. The Hall–Kier alpha value is -0.480. The lowest BCUT2D eigenvalue weighted by Crippen LogP contribution is -2.28. The molecule has 2 heterocycles. The van der Waals surface area contributed by atoms with Gasteiger partial charge >= 0.3 is 0 Å². The maximum Gasteiger partial charge on any atom is 0.0951 e. The smallest absolute Gasteiger partial charge is 0.0951 e. The number of nitrogens with zero attached hydrogens (tertiary/aromatic N) is 2. The minimum absolute atomic E-state index is 0.539. The molecule has 1 aromatic rings. The molecule has 100 valence electrons. The Bertz CT molecular complexity index is 384. The fourth-order valence-corrected chi connectivity index (χ4v) is 4.45. The van der Waals surface area contributed by atoms with Crippen LogP contribution in [0.3, 0.4) is 0 Å². The van der Waals surface area contributed by atoms with E-state index < -0.39 is 0 Å². The zero-order valence-corrected chi connectivity index (χ0v) is 12.0. The van der Waals surface area contributed by atoms with Crippen LogP contribution < -0.4 is 5.32 Å². The SMILES string of the molecule is CSC1CCCCC1n1cncc1[C@@H]1CCCN1. The van der Waals surface area contributed by atoms with Gasteiger partial charge in [0.2, 0.25) is 0 Å². The zero-order chi connectivity index (χ0) is 12.4. The molecule has 0 radical (unpaired) electrons. The third-order valence-corrected chi connectivity index (χ3v) is 5.60. The molecule has 2 fully saturated rings. The number of rotatable bonds is 3. The third kappa shape index (κ3) is 2.32. The van der Waals surface area contributed by atoms with Crippen LogP contribution in [0.5, 0.6) is 0 Å². The van der Waals surface area contributed by atoms with E-state index >= 15 is 0 Å². The van der Waals surface area contributed by atoms with E-state index in [1.165, 1.54) is 44.2 Å². The molecule has 1 aromatic heterocycles. The van der Waals surface area contributed by atoms with Gasteiger partial charge in [-0.1, -0.05) is 12.8 Å². The highest BCUT2D eigenvalue weighted by Crippen LogP contribution is 2.37. The van der Waals surface area contributed by atoms with Gasteiger partial charge in [-0.2, -0.15) is 11.8 Å². The van der Waals surface area contributed by atoms with Crippen molar-refractivity contribution in [2.24, 2.45) is 0 Å². The molecule has 0 aromatic carbocycles. The summed E-state index contributed by atoms with van der Waals surface area (Å²) < 4.78 is 2.48. The first-order valence-corrected chi connectivity index (χ1v) is 8.47. The molecule has 3 atom stereocenters. The lowest BCUT2D eigenvalue weighted by molar-refractivity contribution is 0.350. The van der Waals surface area contributed by atoms with Crippen molar-refractivity contribution in [3.63, 3.8) is 0 Å². The van der Waals surface area contributed by atoms with Gasteiger partial charge in [0.05, 0.1) is 12.0 Å². The van der Waals surface area contributed by atoms with Crippen LogP contribution in [-0.2, 0) is 0 Å². The minimum atomic E-state index is 0.539. The summed E-state index contributed by atoms with van der Waals surface area (Å²) in [6.45, 7) is 1.16. The first kappa shape index (κ1) is 12.5. The molecule has 1 N–H and O–H groups in total. The van der Waals surface area contributed by atoms with Gasteiger partial charge in [-0.25, -0.2) is 4.98 Å². The van der Waals surface area contributed by atoms with E-state index in [9.17, 15) is 0 Å². The summed E-state index contributed by atoms with van der Waals surface area (Å²) in [7, 11) is 0. The van der Waals surface area contributed by atoms with Crippen molar-refractivity contribution >= 4 is 11.8 Å². The van der Waals surface area contributed by atoms with Crippen molar-refractivity contribution in [1.82, 2.24) is 14.9 Å². The highest BCUT2D eigenvalue weighted by molar-refractivity contribution is 7.99. The fourth-order valence-electron chi connectivity index (χ4n) is 3.47. The van der Waals surface area contributed by atoms with Crippen LogP contribution in [0.25, 0.3) is 0 Å². The molecule has 1 saturated heterocycles. The van der Waals surface area contributed by atoms with Gasteiger partial charge in [-0.3, -0.25) is 0 Å². The van der Waals surface area contributed by atoms with Crippen LogP contribution in [0, 0.1) is 0 Å². The van der Waals surface area contributed by atoms with Crippen LogP contribution >= 0.6 is 11.8 Å². The third-order valence-electron chi connectivity index (χ3n) is 4.44. The quantitative estimate of drug-likeness (QED) is 0.910. The van der Waals surface area contributed by atoms with E-state index in [-0.39, 0.29) is 0 Å². The first-order chi connectivity index (χ1) is 8.90. The Morgan fingerprint density at radius 2 is 2.17 bits per heavy atom. The number of hydrogen-bond acceptors (Lipinski definition) is 3. The maximum atomic E-state index is 4.42. The summed E-state index contributed by atoms with van der Waals surface area (Å²) in [5, 5.41) is 4.38. The molecule has 1 aliphatic heterocycles. The van der Waals surface area contributed by atoms with Gasteiger partial charge in [0.1, 0.15) is 0 Å². The molecule has 1 aliphatic carbocycles. The summed E-state index contributed by atoms with van der Waals surface area (Å²) in [5.74, 6) is 0. The van der Waals surface area contributed by atoms with Gasteiger partial charge in [0.15, 0.2) is 0 Å². The molecule has 2 unspecified atom stereocenters. The molecule has 2 aliphatic rings. The van der Waals surface area contributed by atoms with E-state index in [0.29, 0.717) is 12.1 Å². The molecule has 0 amide bonds. The summed E-state index contributed by atoms with van der Waals surface area (Å²) in [4.78, 5) is 4.42. The van der Waals surface area contributed by atoms with Crippen LogP contribution in [0.2, 0.25) is 0 Å². The number of nitrogens with one attached hydrogen (secondary N) is 1. The molecule has 3 rings (SSSR count). The lowest BCUT2D eigenvalue weighted by atomic mass is 9.94. The van der Waals surface area contributed by atoms with Crippen molar-refractivity contribution in [3.8, 4) is 0 Å². The molecule has 18 heavy (non-hydrogen) atoms. The van der Waals surface area contributed by atoms with Crippen LogP contribution in [0.4, 0.5) is 0 Å². The molecule has 1 saturated carbocycles. The minimum Gasteiger partial charge on any atom is -0.329 e. The van der Waals surface area contributed by atoms with Crippen LogP contribution in [0.15, 0.2) is 12.5 Å². The molecule has 0 bridgehead atoms. The highest BCUT2D eigenvalue weighted by Gasteiger charge is 2.29. The summed E-state index contributed by atoms with van der Waals surface area (Å²) in [6.07, 6.45) is 14.4. The van der Waals surface area contributed by atoms with Gasteiger partial charge in [-0.05, 0) is 38.5 Å². The second kappa shape index (κ2) is 5.66. The molecule has 3 nitrogen and oxygen atoms in total. The van der Waals surface area contributed by atoms with E-state index in [1.54, 1.807) is 0 Å². The van der Waals surface area contributed by atoms with Gasteiger partial charge in [0, 0.05) is 23.5 Å². The van der Waals surface area contributed by atoms with Crippen molar-refractivity contribution in [3.05, 3.63) is 18.2 Å². The Kier molecular flexibility index (Phi) is 3.94. The summed E-state index contributed by atoms with van der Waals surface area (Å²) in [5.41, 5.74) is 1.42.